The summed E-state index contributed by atoms with van der Waals surface area (Å²) < 4.78 is 10.5. The van der Waals surface area contributed by atoms with Crippen LogP contribution in [0, 0.1) is 0 Å². The summed E-state index contributed by atoms with van der Waals surface area (Å²) in [7, 11) is 1.33. The summed E-state index contributed by atoms with van der Waals surface area (Å²) in [6.07, 6.45) is 0.00377. The predicted octanol–water partition coefficient (Wildman–Crippen LogP) is 2.98. The Hall–Kier alpha value is -0.740. The molecule has 5 heteroatoms. The van der Waals surface area contributed by atoms with Crippen LogP contribution in [-0.4, -0.2) is 19.2 Å². The second-order valence-electron chi connectivity index (χ2n) is 2.90. The third kappa shape index (κ3) is 2.62. The fraction of sp³-hybridized carbons (Fsp3) is 0.444. The van der Waals surface area contributed by atoms with Crippen molar-refractivity contribution in [2.24, 2.45) is 0 Å². The monoisotopic (exact) mass is 234 g/mol. The van der Waals surface area contributed by atoms with Crippen LogP contribution in [0.1, 0.15) is 23.5 Å². The van der Waals surface area contributed by atoms with E-state index in [4.69, 9.17) is 16.3 Å². The lowest BCUT2D eigenvalue weighted by molar-refractivity contribution is 0.0600. The zero-order valence-electron chi connectivity index (χ0n) is 8.17. The van der Waals surface area contributed by atoms with Crippen molar-refractivity contribution in [3.05, 3.63) is 15.3 Å². The van der Waals surface area contributed by atoms with Gasteiger partial charge in [0.25, 0.3) is 0 Å². The van der Waals surface area contributed by atoms with E-state index in [-0.39, 0.29) is 6.10 Å². The maximum Gasteiger partial charge on any atom is 0.351 e. The number of hydrogen-bond donors (Lipinski definition) is 0. The van der Waals surface area contributed by atoms with Gasteiger partial charge in [0.15, 0.2) is 4.88 Å². The summed E-state index contributed by atoms with van der Waals surface area (Å²) in [4.78, 5) is 11.7. The molecule has 0 amide bonds. The van der Waals surface area contributed by atoms with Crippen LogP contribution >= 0.6 is 22.9 Å². The minimum Gasteiger partial charge on any atom is -0.489 e. The lowest BCUT2D eigenvalue weighted by Gasteiger charge is -2.08. The molecule has 0 aliphatic rings. The fourth-order valence-corrected chi connectivity index (χ4v) is 1.99. The van der Waals surface area contributed by atoms with Crippen molar-refractivity contribution < 1.29 is 14.3 Å². The molecule has 1 rings (SSSR count). The van der Waals surface area contributed by atoms with Crippen LogP contribution in [0.2, 0.25) is 4.34 Å². The molecule has 0 aliphatic carbocycles. The van der Waals surface area contributed by atoms with Crippen molar-refractivity contribution in [3.8, 4) is 5.75 Å². The van der Waals surface area contributed by atoms with Crippen LogP contribution in [0.3, 0.4) is 0 Å². The van der Waals surface area contributed by atoms with Crippen molar-refractivity contribution >= 4 is 28.9 Å². The Balaban J connectivity index is 2.96. The highest BCUT2D eigenvalue weighted by atomic mass is 35.5. The summed E-state index contributed by atoms with van der Waals surface area (Å²) >= 11 is 6.94. The zero-order valence-corrected chi connectivity index (χ0v) is 9.74. The second-order valence-corrected chi connectivity index (χ2v) is 4.59. The van der Waals surface area contributed by atoms with Gasteiger partial charge in [0.05, 0.1) is 17.6 Å². The van der Waals surface area contributed by atoms with Crippen LogP contribution < -0.4 is 4.74 Å². The molecule has 14 heavy (non-hydrogen) atoms. The molecule has 0 saturated heterocycles. The first kappa shape index (κ1) is 11.3. The molecule has 1 heterocycles. The molecule has 0 bridgehead atoms. The number of rotatable bonds is 3. The number of hydrogen-bond acceptors (Lipinski definition) is 4. The van der Waals surface area contributed by atoms with Gasteiger partial charge >= 0.3 is 5.97 Å². The Morgan fingerprint density at radius 2 is 2.21 bits per heavy atom. The van der Waals surface area contributed by atoms with E-state index in [1.54, 1.807) is 6.07 Å². The number of halogens is 1. The van der Waals surface area contributed by atoms with Gasteiger partial charge in [-0.15, -0.1) is 11.3 Å². The van der Waals surface area contributed by atoms with Gasteiger partial charge in [-0.1, -0.05) is 11.6 Å². The lowest BCUT2D eigenvalue weighted by Crippen LogP contribution is -2.08. The molecular weight excluding hydrogens is 224 g/mol. The molecule has 1 aromatic rings. The van der Waals surface area contributed by atoms with Crippen LogP contribution in [-0.2, 0) is 4.74 Å². The number of esters is 1. The smallest absolute Gasteiger partial charge is 0.351 e. The zero-order chi connectivity index (χ0) is 10.7. The summed E-state index contributed by atoms with van der Waals surface area (Å²) in [5.41, 5.74) is 0. The Morgan fingerprint density at radius 1 is 1.57 bits per heavy atom. The molecule has 3 nitrogen and oxygen atoms in total. The van der Waals surface area contributed by atoms with Gasteiger partial charge in [0, 0.05) is 6.07 Å². The van der Waals surface area contributed by atoms with E-state index < -0.39 is 5.97 Å². The van der Waals surface area contributed by atoms with E-state index in [0.717, 1.165) is 11.3 Å². The van der Waals surface area contributed by atoms with Gasteiger partial charge in [-0.05, 0) is 13.8 Å². The summed E-state index contributed by atoms with van der Waals surface area (Å²) in [5.74, 6) is 0.0689. The van der Waals surface area contributed by atoms with Crippen molar-refractivity contribution in [3.63, 3.8) is 0 Å². The fourth-order valence-electron chi connectivity index (χ4n) is 0.922. The van der Waals surface area contributed by atoms with E-state index in [1.165, 1.54) is 7.11 Å². The van der Waals surface area contributed by atoms with Crippen molar-refractivity contribution in [2.45, 2.75) is 20.0 Å². The minimum atomic E-state index is -0.419. The SMILES string of the molecule is COC(=O)c1sc(Cl)cc1OC(C)C. The third-order valence-electron chi connectivity index (χ3n) is 1.40. The van der Waals surface area contributed by atoms with E-state index in [9.17, 15) is 4.79 Å². The van der Waals surface area contributed by atoms with E-state index in [0.29, 0.717) is 15.0 Å². The van der Waals surface area contributed by atoms with E-state index >= 15 is 0 Å². The second kappa shape index (κ2) is 4.66. The van der Waals surface area contributed by atoms with Gasteiger partial charge in [-0.2, -0.15) is 0 Å². The summed E-state index contributed by atoms with van der Waals surface area (Å²) in [6, 6.07) is 1.62. The van der Waals surface area contributed by atoms with Crippen LogP contribution in [0.15, 0.2) is 6.07 Å². The first-order valence-electron chi connectivity index (χ1n) is 4.09. The topological polar surface area (TPSA) is 35.5 Å². The van der Waals surface area contributed by atoms with Crippen molar-refractivity contribution in [2.75, 3.05) is 7.11 Å². The van der Waals surface area contributed by atoms with Crippen molar-refractivity contribution in [1.29, 1.82) is 0 Å². The molecule has 0 aliphatic heterocycles. The molecule has 1 aromatic heterocycles. The van der Waals surface area contributed by atoms with Crippen LogP contribution in [0.5, 0.6) is 5.75 Å². The number of ether oxygens (including phenoxy) is 2. The maximum absolute atomic E-state index is 11.3. The Morgan fingerprint density at radius 3 is 2.71 bits per heavy atom. The number of methoxy groups -OCH3 is 1. The lowest BCUT2D eigenvalue weighted by atomic mass is 10.4. The Labute approximate surface area is 91.6 Å². The molecule has 0 unspecified atom stereocenters. The van der Waals surface area contributed by atoms with Crippen LogP contribution in [0.25, 0.3) is 0 Å². The first-order chi connectivity index (χ1) is 6.54. The van der Waals surface area contributed by atoms with Gasteiger partial charge in [0.2, 0.25) is 0 Å². The Kier molecular flexibility index (Phi) is 3.77. The third-order valence-corrected chi connectivity index (χ3v) is 2.63. The minimum absolute atomic E-state index is 0.00377. The van der Waals surface area contributed by atoms with Gasteiger partial charge in [0.1, 0.15) is 5.75 Å². The van der Waals surface area contributed by atoms with Crippen LogP contribution in [0.4, 0.5) is 0 Å². The molecule has 0 N–H and O–H groups in total. The summed E-state index contributed by atoms with van der Waals surface area (Å²) in [5, 5.41) is 0. The standard InChI is InChI=1S/C9H11ClO3S/c1-5(2)13-6-4-7(10)14-8(6)9(11)12-3/h4-5H,1-3H3. The molecule has 0 aromatic carbocycles. The highest BCUT2D eigenvalue weighted by Crippen LogP contribution is 2.33. The average molecular weight is 235 g/mol. The number of carbonyl (C=O) groups excluding carboxylic acids is 1. The van der Waals surface area contributed by atoms with Gasteiger partial charge < -0.3 is 9.47 Å². The number of carbonyl (C=O) groups is 1. The number of thiophene rings is 1. The quantitative estimate of drug-likeness (QED) is 0.755. The molecule has 0 atom stereocenters. The predicted molar refractivity (Wildman–Crippen MR) is 56.4 cm³/mol. The molecule has 0 fully saturated rings. The normalized spacial score (nSPS) is 10.4. The first-order valence-corrected chi connectivity index (χ1v) is 5.28. The van der Waals surface area contributed by atoms with E-state index in [1.807, 2.05) is 13.8 Å². The van der Waals surface area contributed by atoms with E-state index in [2.05, 4.69) is 4.74 Å². The van der Waals surface area contributed by atoms with Gasteiger partial charge in [-0.25, -0.2) is 4.79 Å². The molecule has 0 spiro atoms. The average Bonchev–Trinajstić information content (AvgIpc) is 2.44. The maximum atomic E-state index is 11.3. The highest BCUT2D eigenvalue weighted by Gasteiger charge is 2.18. The summed E-state index contributed by atoms with van der Waals surface area (Å²) in [6.45, 7) is 3.76. The molecular formula is C9H11ClO3S. The highest BCUT2D eigenvalue weighted by molar-refractivity contribution is 7.18. The largest absolute Gasteiger partial charge is 0.489 e. The molecule has 78 valence electrons. The Bertz CT molecular complexity index is 333. The molecule has 0 saturated carbocycles. The molecule has 0 radical (unpaired) electrons. The van der Waals surface area contributed by atoms with Gasteiger partial charge in [-0.3, -0.25) is 0 Å². The van der Waals surface area contributed by atoms with Crippen molar-refractivity contribution in [1.82, 2.24) is 0 Å².